The molecule has 0 atom stereocenters. The third kappa shape index (κ3) is 4.21. The maximum Gasteiger partial charge on any atom is 0.319 e. The van der Waals surface area contributed by atoms with Crippen LogP contribution in [0.5, 0.6) is 0 Å². The number of carbonyl (C=O) groups is 1. The number of nitrogens with one attached hydrogen (secondary N) is 2. The van der Waals surface area contributed by atoms with Crippen molar-refractivity contribution >= 4 is 23.3 Å². The van der Waals surface area contributed by atoms with E-state index >= 15 is 0 Å². The van der Waals surface area contributed by atoms with Gasteiger partial charge in [0.2, 0.25) is 0 Å². The molecule has 7 heteroatoms. The average Bonchev–Trinajstić information content (AvgIpc) is 3.04. The topological polar surface area (TPSA) is 71.8 Å². The molecule has 0 spiro atoms. The van der Waals surface area contributed by atoms with Crippen molar-refractivity contribution in [2.24, 2.45) is 0 Å². The van der Waals surface area contributed by atoms with Crippen molar-refractivity contribution in [2.45, 2.75) is 26.3 Å². The molecule has 26 heavy (non-hydrogen) atoms. The van der Waals surface area contributed by atoms with Gasteiger partial charge < -0.3 is 10.6 Å². The van der Waals surface area contributed by atoms with E-state index in [-0.39, 0.29) is 11.9 Å². The minimum atomic E-state index is -0.283. The van der Waals surface area contributed by atoms with Crippen LogP contribution in [-0.2, 0) is 6.54 Å². The van der Waals surface area contributed by atoms with Gasteiger partial charge in [0.25, 0.3) is 0 Å². The van der Waals surface area contributed by atoms with Gasteiger partial charge in [0.05, 0.1) is 23.3 Å². The summed E-state index contributed by atoms with van der Waals surface area (Å²) in [5.74, 6) is 0.159. The summed E-state index contributed by atoms with van der Waals surface area (Å²) in [6.45, 7) is 4.53. The maximum atomic E-state index is 12.3. The second-order valence-electron chi connectivity index (χ2n) is 6.15. The molecule has 3 aromatic rings. The zero-order chi connectivity index (χ0) is 18.5. The molecule has 0 unspecified atom stereocenters. The van der Waals surface area contributed by atoms with Gasteiger partial charge in [-0.3, -0.25) is 4.98 Å². The lowest BCUT2D eigenvalue weighted by Crippen LogP contribution is -2.28. The minimum Gasteiger partial charge on any atom is -0.334 e. The van der Waals surface area contributed by atoms with Gasteiger partial charge in [0.1, 0.15) is 0 Å². The number of hydrogen-bond donors (Lipinski definition) is 2. The summed E-state index contributed by atoms with van der Waals surface area (Å²) in [6, 6.07) is 10.9. The lowest BCUT2D eigenvalue weighted by atomic mass is 10.1. The Morgan fingerprint density at radius 1 is 1.23 bits per heavy atom. The molecule has 0 bridgehead atoms. The smallest absolute Gasteiger partial charge is 0.319 e. The molecule has 2 heterocycles. The molecule has 0 aliphatic heterocycles. The number of aromatic nitrogens is 3. The molecule has 2 amide bonds. The number of amides is 2. The normalized spacial score (nSPS) is 10.8. The van der Waals surface area contributed by atoms with E-state index < -0.39 is 0 Å². The van der Waals surface area contributed by atoms with Gasteiger partial charge in [-0.2, -0.15) is 5.10 Å². The molecular formula is C19H20ClN5O. The van der Waals surface area contributed by atoms with Gasteiger partial charge in [-0.1, -0.05) is 31.5 Å². The predicted molar refractivity (Wildman–Crippen MR) is 103 cm³/mol. The fraction of sp³-hybridized carbons (Fsp3) is 0.211. The molecular weight excluding hydrogens is 350 g/mol. The summed E-state index contributed by atoms with van der Waals surface area (Å²) in [5, 5.41) is 10.8. The summed E-state index contributed by atoms with van der Waals surface area (Å²) < 4.78 is 1.80. The summed E-state index contributed by atoms with van der Waals surface area (Å²) in [7, 11) is 0. The zero-order valence-electron chi connectivity index (χ0n) is 14.6. The highest BCUT2D eigenvalue weighted by Gasteiger charge is 2.17. The van der Waals surface area contributed by atoms with Crippen LogP contribution in [0.15, 0.2) is 55.0 Å². The average molecular weight is 370 g/mol. The van der Waals surface area contributed by atoms with Crippen LogP contribution in [0.3, 0.4) is 0 Å². The van der Waals surface area contributed by atoms with Crippen molar-refractivity contribution in [1.29, 1.82) is 0 Å². The number of hydrogen-bond acceptors (Lipinski definition) is 3. The van der Waals surface area contributed by atoms with E-state index in [1.807, 2.05) is 36.4 Å². The highest BCUT2D eigenvalue weighted by molar-refractivity contribution is 6.30. The predicted octanol–water partition coefficient (Wildman–Crippen LogP) is 4.37. The molecule has 0 radical (unpaired) electrons. The lowest BCUT2D eigenvalue weighted by Gasteiger charge is -2.14. The van der Waals surface area contributed by atoms with Crippen LogP contribution < -0.4 is 10.6 Å². The quantitative estimate of drug-likeness (QED) is 0.701. The van der Waals surface area contributed by atoms with Crippen molar-refractivity contribution in [1.82, 2.24) is 20.1 Å². The van der Waals surface area contributed by atoms with Crippen LogP contribution in [-0.4, -0.2) is 20.8 Å². The van der Waals surface area contributed by atoms with E-state index in [9.17, 15) is 4.79 Å². The monoisotopic (exact) mass is 369 g/mol. The van der Waals surface area contributed by atoms with Crippen LogP contribution >= 0.6 is 11.6 Å². The summed E-state index contributed by atoms with van der Waals surface area (Å²) in [4.78, 5) is 16.2. The Morgan fingerprint density at radius 2 is 2.00 bits per heavy atom. The molecule has 0 saturated heterocycles. The molecule has 0 saturated carbocycles. The van der Waals surface area contributed by atoms with Crippen molar-refractivity contribution in [3.63, 3.8) is 0 Å². The van der Waals surface area contributed by atoms with Crippen molar-refractivity contribution in [3.8, 4) is 5.69 Å². The number of urea groups is 1. The first-order valence-corrected chi connectivity index (χ1v) is 8.70. The molecule has 1 aromatic carbocycles. The van der Waals surface area contributed by atoms with Gasteiger partial charge in [0, 0.05) is 24.0 Å². The third-order valence-corrected chi connectivity index (χ3v) is 4.09. The largest absolute Gasteiger partial charge is 0.334 e. The number of nitrogens with zero attached hydrogens (tertiary/aromatic N) is 3. The highest BCUT2D eigenvalue weighted by Crippen LogP contribution is 2.27. The zero-order valence-corrected chi connectivity index (χ0v) is 15.4. The van der Waals surface area contributed by atoms with Gasteiger partial charge >= 0.3 is 6.03 Å². The SMILES string of the molecule is CC(C)c1c(NC(=O)NCc2ccncc2)cnn1-c1cccc(Cl)c1. The van der Waals surface area contributed by atoms with Gasteiger partial charge in [-0.25, -0.2) is 9.48 Å². The first kappa shape index (κ1) is 17.9. The fourth-order valence-electron chi connectivity index (χ4n) is 2.67. The molecule has 0 aliphatic rings. The Balaban J connectivity index is 1.76. The minimum absolute atomic E-state index is 0.159. The van der Waals surface area contributed by atoms with Crippen LogP contribution in [0.2, 0.25) is 5.02 Å². The van der Waals surface area contributed by atoms with E-state index in [0.29, 0.717) is 17.3 Å². The maximum absolute atomic E-state index is 12.3. The number of halogens is 1. The fourth-order valence-corrected chi connectivity index (χ4v) is 2.86. The Morgan fingerprint density at radius 3 is 2.69 bits per heavy atom. The Kier molecular flexibility index (Phi) is 5.53. The Hall–Kier alpha value is -2.86. The molecule has 0 fully saturated rings. The number of carbonyl (C=O) groups excluding carboxylic acids is 1. The lowest BCUT2D eigenvalue weighted by molar-refractivity contribution is 0.251. The molecule has 6 nitrogen and oxygen atoms in total. The summed E-state index contributed by atoms with van der Waals surface area (Å²) >= 11 is 6.09. The van der Waals surface area contributed by atoms with Crippen molar-refractivity contribution < 1.29 is 4.79 Å². The second kappa shape index (κ2) is 8.01. The summed E-state index contributed by atoms with van der Waals surface area (Å²) in [5.41, 5.74) is 3.42. The first-order chi connectivity index (χ1) is 12.5. The molecule has 3 rings (SSSR count). The molecule has 2 aromatic heterocycles. The number of rotatable bonds is 5. The molecule has 2 N–H and O–H groups in total. The van der Waals surface area contributed by atoms with Gasteiger partial charge in [-0.15, -0.1) is 0 Å². The van der Waals surface area contributed by atoms with E-state index in [1.54, 1.807) is 23.3 Å². The Labute approximate surface area is 157 Å². The first-order valence-electron chi connectivity index (χ1n) is 8.32. The van der Waals surface area contributed by atoms with Crippen LogP contribution in [0.1, 0.15) is 31.0 Å². The van der Waals surface area contributed by atoms with Crippen molar-refractivity contribution in [2.75, 3.05) is 5.32 Å². The van der Waals surface area contributed by atoms with Crippen LogP contribution in [0.4, 0.5) is 10.5 Å². The third-order valence-electron chi connectivity index (χ3n) is 3.86. The standard InChI is InChI=1S/C19H20ClN5O/c1-13(2)18-17(12-23-25(18)16-5-3-4-15(20)10-16)24-19(26)22-11-14-6-8-21-9-7-14/h3-10,12-13H,11H2,1-2H3,(H2,22,24,26). The number of anilines is 1. The summed E-state index contributed by atoms with van der Waals surface area (Å²) in [6.07, 6.45) is 5.05. The van der Waals surface area contributed by atoms with Gasteiger partial charge in [-0.05, 0) is 41.8 Å². The number of pyridine rings is 1. The molecule has 0 aliphatic carbocycles. The highest BCUT2D eigenvalue weighted by atomic mass is 35.5. The van der Waals surface area contributed by atoms with Crippen LogP contribution in [0, 0.1) is 0 Å². The van der Waals surface area contributed by atoms with Crippen molar-refractivity contribution in [3.05, 3.63) is 71.3 Å². The van der Waals surface area contributed by atoms with E-state index in [0.717, 1.165) is 16.9 Å². The Bertz CT molecular complexity index is 892. The van der Waals surface area contributed by atoms with E-state index in [2.05, 4.69) is 34.6 Å². The number of benzene rings is 1. The van der Waals surface area contributed by atoms with Gasteiger partial charge in [0.15, 0.2) is 0 Å². The van der Waals surface area contributed by atoms with E-state index in [1.165, 1.54) is 0 Å². The second-order valence-corrected chi connectivity index (χ2v) is 6.59. The van der Waals surface area contributed by atoms with Crippen LogP contribution in [0.25, 0.3) is 5.69 Å². The van der Waals surface area contributed by atoms with E-state index in [4.69, 9.17) is 11.6 Å². The molecule has 134 valence electrons.